The van der Waals surface area contributed by atoms with Crippen LogP contribution >= 0.6 is 0 Å². The molecule has 2 N–H and O–H groups in total. The molecule has 5 heteroatoms. The van der Waals surface area contributed by atoms with E-state index in [4.69, 9.17) is 4.74 Å². The Morgan fingerprint density at radius 3 is 2.51 bits per heavy atom. The van der Waals surface area contributed by atoms with Gasteiger partial charge in [-0.25, -0.2) is 4.79 Å². The van der Waals surface area contributed by atoms with E-state index >= 15 is 0 Å². The first-order valence-corrected chi connectivity index (χ1v) is 12.8. The van der Waals surface area contributed by atoms with Crippen LogP contribution in [0.5, 0.6) is 5.75 Å². The van der Waals surface area contributed by atoms with Gasteiger partial charge in [-0.05, 0) is 46.7 Å². The van der Waals surface area contributed by atoms with Crippen molar-refractivity contribution in [2.75, 3.05) is 26.2 Å². The fourth-order valence-corrected chi connectivity index (χ4v) is 4.85. The molecule has 0 aliphatic carbocycles. The highest BCUT2D eigenvalue weighted by atomic mass is 16.5. The van der Waals surface area contributed by atoms with Crippen molar-refractivity contribution in [1.29, 1.82) is 0 Å². The summed E-state index contributed by atoms with van der Waals surface area (Å²) in [6, 6.07) is 32.3. The third-order valence-corrected chi connectivity index (χ3v) is 6.83. The second-order valence-electron chi connectivity index (χ2n) is 9.58. The number of carboxylic acids is 1. The van der Waals surface area contributed by atoms with Gasteiger partial charge < -0.3 is 15.2 Å². The molecule has 188 valence electrons. The zero-order valence-corrected chi connectivity index (χ0v) is 20.8. The predicted octanol–water partition coefficient (Wildman–Crippen LogP) is 5.86. The Bertz CT molecular complexity index is 1360. The molecule has 1 aliphatic heterocycles. The van der Waals surface area contributed by atoms with Gasteiger partial charge in [0.05, 0.1) is 5.56 Å². The second kappa shape index (κ2) is 11.9. The smallest absolute Gasteiger partial charge is 0.335 e. The number of ether oxygens (including phenoxy) is 1. The number of likely N-dealkylation sites (tertiary alicyclic amines) is 1. The van der Waals surface area contributed by atoms with Crippen LogP contribution in [-0.2, 0) is 6.54 Å². The Balaban J connectivity index is 1.27. The van der Waals surface area contributed by atoms with E-state index in [-0.39, 0.29) is 5.56 Å². The van der Waals surface area contributed by atoms with Crippen molar-refractivity contribution >= 4 is 22.8 Å². The first-order valence-electron chi connectivity index (χ1n) is 12.8. The lowest BCUT2D eigenvalue weighted by Crippen LogP contribution is -2.34. The molecular formula is C32H32N2O3. The van der Waals surface area contributed by atoms with Crippen LogP contribution < -0.4 is 10.1 Å². The summed E-state index contributed by atoms with van der Waals surface area (Å²) in [6.07, 6.45) is 3.21. The number of rotatable bonds is 10. The minimum absolute atomic E-state index is 0.285. The van der Waals surface area contributed by atoms with E-state index in [1.807, 2.05) is 36.4 Å². The summed E-state index contributed by atoms with van der Waals surface area (Å²) in [5.74, 6) is -0.0573. The van der Waals surface area contributed by atoms with Crippen molar-refractivity contribution < 1.29 is 14.6 Å². The Kier molecular flexibility index (Phi) is 7.94. The number of hydrogen-bond acceptors (Lipinski definition) is 4. The molecule has 1 fully saturated rings. The van der Waals surface area contributed by atoms with Crippen LogP contribution in [0.1, 0.15) is 27.9 Å². The molecule has 1 saturated heterocycles. The van der Waals surface area contributed by atoms with Gasteiger partial charge >= 0.3 is 5.97 Å². The molecule has 4 aromatic carbocycles. The standard InChI is InChI=1S/C32H32N2O3/c35-32(36)28-15-13-24(14-16-28)19-26(23-37-31-12-6-10-27-9-4-5-11-30(27)31)20-33-29-17-18-34(22-29)21-25-7-2-1-3-8-25/h1-16,19,29,33H,17-18,20-23H2,(H,35,36)/b26-19-. The molecule has 1 aliphatic rings. The highest BCUT2D eigenvalue weighted by molar-refractivity contribution is 5.88. The highest BCUT2D eigenvalue weighted by Gasteiger charge is 2.22. The average molecular weight is 493 g/mol. The number of benzene rings is 4. The fourth-order valence-electron chi connectivity index (χ4n) is 4.85. The molecule has 5 nitrogen and oxygen atoms in total. The molecule has 0 bridgehead atoms. The molecule has 1 unspecified atom stereocenters. The molecule has 5 rings (SSSR count). The highest BCUT2D eigenvalue weighted by Crippen LogP contribution is 2.26. The SMILES string of the molecule is O=C(O)c1ccc(/C=C(/CNC2CCN(Cc3ccccc3)C2)COc2cccc3ccccc23)cc1. The largest absolute Gasteiger partial charge is 0.489 e. The Hall–Kier alpha value is -3.93. The Morgan fingerprint density at radius 2 is 1.70 bits per heavy atom. The number of fused-ring (bicyclic) bond motifs is 1. The minimum Gasteiger partial charge on any atom is -0.489 e. The number of carbonyl (C=O) groups is 1. The lowest BCUT2D eigenvalue weighted by molar-refractivity contribution is 0.0697. The van der Waals surface area contributed by atoms with Crippen LogP contribution in [-0.4, -0.2) is 48.3 Å². The Morgan fingerprint density at radius 1 is 0.946 bits per heavy atom. The van der Waals surface area contributed by atoms with Gasteiger partial charge in [0.1, 0.15) is 12.4 Å². The molecule has 4 aromatic rings. The van der Waals surface area contributed by atoms with Crippen LogP contribution in [0.3, 0.4) is 0 Å². The van der Waals surface area contributed by atoms with E-state index < -0.39 is 5.97 Å². The average Bonchev–Trinajstić information content (AvgIpc) is 3.38. The number of aromatic carboxylic acids is 1. The van der Waals surface area contributed by atoms with Crippen molar-refractivity contribution in [1.82, 2.24) is 10.2 Å². The molecule has 0 amide bonds. The lowest BCUT2D eigenvalue weighted by atomic mass is 10.1. The monoisotopic (exact) mass is 492 g/mol. The lowest BCUT2D eigenvalue weighted by Gasteiger charge is -2.18. The van der Waals surface area contributed by atoms with E-state index in [9.17, 15) is 9.90 Å². The summed E-state index contributed by atoms with van der Waals surface area (Å²) < 4.78 is 6.32. The third-order valence-electron chi connectivity index (χ3n) is 6.83. The first-order chi connectivity index (χ1) is 18.1. The topological polar surface area (TPSA) is 61.8 Å². The predicted molar refractivity (Wildman–Crippen MR) is 149 cm³/mol. The van der Waals surface area contributed by atoms with Gasteiger partial charge in [0, 0.05) is 37.6 Å². The van der Waals surface area contributed by atoms with Crippen molar-refractivity contribution in [2.24, 2.45) is 0 Å². The van der Waals surface area contributed by atoms with Crippen LogP contribution in [0, 0.1) is 0 Å². The summed E-state index contributed by atoms with van der Waals surface area (Å²) in [7, 11) is 0. The molecular weight excluding hydrogens is 460 g/mol. The van der Waals surface area contributed by atoms with E-state index in [1.54, 1.807) is 12.1 Å². The summed E-state index contributed by atoms with van der Waals surface area (Å²) in [6.45, 7) is 4.22. The number of hydrogen-bond donors (Lipinski definition) is 2. The van der Waals surface area contributed by atoms with Crippen molar-refractivity contribution in [2.45, 2.75) is 19.0 Å². The second-order valence-corrected chi connectivity index (χ2v) is 9.58. The van der Waals surface area contributed by atoms with Gasteiger partial charge in [-0.15, -0.1) is 0 Å². The van der Waals surface area contributed by atoms with Crippen LogP contribution in [0.2, 0.25) is 0 Å². The van der Waals surface area contributed by atoms with E-state index in [0.717, 1.165) is 53.7 Å². The number of nitrogens with one attached hydrogen (secondary N) is 1. The molecule has 37 heavy (non-hydrogen) atoms. The number of carboxylic acid groups (broad SMARTS) is 1. The first kappa shape index (κ1) is 24.8. The summed E-state index contributed by atoms with van der Waals surface area (Å²) in [4.78, 5) is 13.7. The maximum absolute atomic E-state index is 11.2. The van der Waals surface area contributed by atoms with Gasteiger partial charge in [0.25, 0.3) is 0 Å². The molecule has 0 radical (unpaired) electrons. The maximum Gasteiger partial charge on any atom is 0.335 e. The molecule has 0 spiro atoms. The van der Waals surface area contributed by atoms with E-state index in [1.165, 1.54) is 5.56 Å². The van der Waals surface area contributed by atoms with Crippen molar-refractivity contribution in [3.63, 3.8) is 0 Å². The van der Waals surface area contributed by atoms with Gasteiger partial charge in [-0.1, -0.05) is 84.9 Å². The van der Waals surface area contributed by atoms with Crippen LogP contribution in [0.25, 0.3) is 16.8 Å². The molecule has 0 saturated carbocycles. The zero-order chi connectivity index (χ0) is 25.5. The summed E-state index contributed by atoms with van der Waals surface area (Å²) >= 11 is 0. The fraction of sp³-hybridized carbons (Fsp3) is 0.219. The quantitative estimate of drug-likeness (QED) is 0.290. The van der Waals surface area contributed by atoms with Gasteiger partial charge in [-0.2, -0.15) is 0 Å². The third kappa shape index (κ3) is 6.64. The van der Waals surface area contributed by atoms with E-state index in [0.29, 0.717) is 19.2 Å². The maximum atomic E-state index is 11.2. The van der Waals surface area contributed by atoms with E-state index in [2.05, 4.69) is 64.8 Å². The zero-order valence-electron chi connectivity index (χ0n) is 20.8. The molecule has 1 heterocycles. The van der Waals surface area contributed by atoms with Crippen LogP contribution in [0.15, 0.2) is 103 Å². The van der Waals surface area contributed by atoms with Crippen molar-refractivity contribution in [3.05, 3.63) is 119 Å². The summed E-state index contributed by atoms with van der Waals surface area (Å²) in [5.41, 5.74) is 3.70. The van der Waals surface area contributed by atoms with Crippen molar-refractivity contribution in [3.8, 4) is 5.75 Å². The normalized spacial score (nSPS) is 16.2. The van der Waals surface area contributed by atoms with Gasteiger partial charge in [-0.3, -0.25) is 4.90 Å². The van der Waals surface area contributed by atoms with Gasteiger partial charge in [0.2, 0.25) is 0 Å². The summed E-state index contributed by atoms with van der Waals surface area (Å²) in [5, 5.41) is 15.2. The van der Waals surface area contributed by atoms with Crippen LogP contribution in [0.4, 0.5) is 0 Å². The van der Waals surface area contributed by atoms with Gasteiger partial charge in [0.15, 0.2) is 0 Å². The Labute approximate surface area is 218 Å². The number of nitrogens with zero attached hydrogens (tertiary/aromatic N) is 1. The molecule has 0 aromatic heterocycles. The minimum atomic E-state index is -0.919. The molecule has 1 atom stereocenters.